The van der Waals surface area contributed by atoms with Crippen LogP contribution in [0.5, 0.6) is 0 Å². The van der Waals surface area contributed by atoms with E-state index in [9.17, 15) is 4.79 Å². The van der Waals surface area contributed by atoms with Crippen LogP contribution >= 0.6 is 23.2 Å². The molecule has 1 amide bonds. The molecule has 0 aliphatic rings. The van der Waals surface area contributed by atoms with Crippen molar-refractivity contribution in [3.8, 4) is 0 Å². The maximum Gasteiger partial charge on any atom is 0.226 e. The van der Waals surface area contributed by atoms with Gasteiger partial charge >= 0.3 is 0 Å². The molecule has 6 heteroatoms. The van der Waals surface area contributed by atoms with E-state index in [1.807, 2.05) is 24.3 Å². The summed E-state index contributed by atoms with van der Waals surface area (Å²) in [4.78, 5) is 14.3. The molecule has 0 saturated carbocycles. The number of halogens is 2. The number of carbonyl (C=O) groups excluding carboxylic acids is 1. The molecule has 0 aliphatic carbocycles. The Bertz CT molecular complexity index is 700. The summed E-state index contributed by atoms with van der Waals surface area (Å²) in [6.45, 7) is 6.66. The Balaban J connectivity index is 1.82. The first-order valence-electron chi connectivity index (χ1n) is 8.37. The van der Waals surface area contributed by atoms with Gasteiger partial charge < -0.3 is 15.5 Å². The van der Waals surface area contributed by atoms with Gasteiger partial charge in [0.25, 0.3) is 0 Å². The van der Waals surface area contributed by atoms with Crippen molar-refractivity contribution in [3.63, 3.8) is 0 Å². The molecule has 134 valence electrons. The molecule has 0 bridgehead atoms. The lowest BCUT2D eigenvalue weighted by atomic mass is 10.2. The van der Waals surface area contributed by atoms with Crippen LogP contribution in [0.4, 0.5) is 17.1 Å². The average molecular weight is 380 g/mol. The Kier molecular flexibility index (Phi) is 7.41. The van der Waals surface area contributed by atoms with E-state index in [4.69, 9.17) is 23.2 Å². The predicted molar refractivity (Wildman–Crippen MR) is 108 cm³/mol. The summed E-state index contributed by atoms with van der Waals surface area (Å²) >= 11 is 11.9. The van der Waals surface area contributed by atoms with E-state index >= 15 is 0 Å². The van der Waals surface area contributed by atoms with E-state index in [-0.39, 0.29) is 5.91 Å². The summed E-state index contributed by atoms with van der Waals surface area (Å²) in [5.41, 5.74) is 2.72. The molecule has 4 nitrogen and oxygen atoms in total. The molecule has 2 N–H and O–H groups in total. The van der Waals surface area contributed by atoms with Gasteiger partial charge in [-0.2, -0.15) is 0 Å². The Labute approximate surface area is 159 Å². The van der Waals surface area contributed by atoms with Crippen LogP contribution in [-0.4, -0.2) is 25.5 Å². The Morgan fingerprint density at radius 3 is 2.32 bits per heavy atom. The molecule has 0 saturated heterocycles. The van der Waals surface area contributed by atoms with Crippen molar-refractivity contribution in [1.82, 2.24) is 0 Å². The fourth-order valence-electron chi connectivity index (χ4n) is 2.51. The molecule has 0 aromatic heterocycles. The number of hydrogen-bond donors (Lipinski definition) is 2. The lowest BCUT2D eigenvalue weighted by Gasteiger charge is -2.21. The third kappa shape index (κ3) is 5.83. The Morgan fingerprint density at radius 2 is 1.72 bits per heavy atom. The summed E-state index contributed by atoms with van der Waals surface area (Å²) in [5.74, 6) is -0.0480. The largest absolute Gasteiger partial charge is 0.383 e. The van der Waals surface area contributed by atoms with Crippen molar-refractivity contribution in [2.75, 3.05) is 35.2 Å². The van der Waals surface area contributed by atoms with Crippen LogP contribution in [0.25, 0.3) is 0 Å². The molecule has 0 atom stereocenters. The SMILES string of the molecule is CCN(CC)c1ccc(NC(=O)CCNc2ccc(Cl)cc2Cl)cc1. The molecule has 25 heavy (non-hydrogen) atoms. The van der Waals surface area contributed by atoms with E-state index in [1.165, 1.54) is 0 Å². The third-order valence-electron chi connectivity index (χ3n) is 3.88. The number of nitrogens with one attached hydrogen (secondary N) is 2. The lowest BCUT2D eigenvalue weighted by molar-refractivity contribution is -0.115. The normalized spacial score (nSPS) is 10.4. The zero-order valence-corrected chi connectivity index (χ0v) is 16.0. The highest BCUT2D eigenvalue weighted by Gasteiger charge is 2.06. The minimum Gasteiger partial charge on any atom is -0.383 e. The second-order valence-corrected chi connectivity index (χ2v) is 6.41. The maximum atomic E-state index is 12.1. The van der Waals surface area contributed by atoms with Crippen LogP contribution in [0.3, 0.4) is 0 Å². The molecule has 0 unspecified atom stereocenters. The monoisotopic (exact) mass is 379 g/mol. The van der Waals surface area contributed by atoms with Crippen LogP contribution < -0.4 is 15.5 Å². The van der Waals surface area contributed by atoms with Gasteiger partial charge in [0.05, 0.1) is 10.7 Å². The molecule has 0 radical (unpaired) electrons. The van der Waals surface area contributed by atoms with Crippen LogP contribution in [0, 0.1) is 0 Å². The fraction of sp³-hybridized carbons (Fsp3) is 0.316. The first-order valence-corrected chi connectivity index (χ1v) is 9.12. The van der Waals surface area contributed by atoms with Gasteiger partial charge in [-0.15, -0.1) is 0 Å². The van der Waals surface area contributed by atoms with Crippen molar-refractivity contribution >= 4 is 46.2 Å². The summed E-state index contributed by atoms with van der Waals surface area (Å²) < 4.78 is 0. The van der Waals surface area contributed by atoms with Gasteiger partial charge in [-0.3, -0.25) is 4.79 Å². The summed E-state index contributed by atoms with van der Waals surface area (Å²) in [6.07, 6.45) is 0.344. The summed E-state index contributed by atoms with van der Waals surface area (Å²) in [6, 6.07) is 13.1. The van der Waals surface area contributed by atoms with Gasteiger partial charge in [-0.05, 0) is 56.3 Å². The minimum absolute atomic E-state index is 0.0480. The maximum absolute atomic E-state index is 12.1. The van der Waals surface area contributed by atoms with Crippen LogP contribution in [0.2, 0.25) is 10.0 Å². The topological polar surface area (TPSA) is 44.4 Å². The molecule has 0 spiro atoms. The van der Waals surface area contributed by atoms with Crippen LogP contribution in [0.1, 0.15) is 20.3 Å². The second-order valence-electron chi connectivity index (χ2n) is 5.57. The highest BCUT2D eigenvalue weighted by Crippen LogP contribution is 2.25. The molecule has 0 fully saturated rings. The number of carbonyl (C=O) groups is 1. The van der Waals surface area contributed by atoms with E-state index in [0.717, 1.165) is 30.2 Å². The van der Waals surface area contributed by atoms with Crippen molar-refractivity contribution in [2.24, 2.45) is 0 Å². The second kappa shape index (κ2) is 9.54. The van der Waals surface area contributed by atoms with E-state index in [0.29, 0.717) is 23.0 Å². The zero-order valence-electron chi connectivity index (χ0n) is 14.5. The fourth-order valence-corrected chi connectivity index (χ4v) is 2.99. The van der Waals surface area contributed by atoms with Crippen molar-refractivity contribution in [3.05, 3.63) is 52.5 Å². The number of rotatable bonds is 8. The molecule has 0 heterocycles. The van der Waals surface area contributed by atoms with E-state index in [2.05, 4.69) is 29.4 Å². The van der Waals surface area contributed by atoms with Crippen LogP contribution in [0.15, 0.2) is 42.5 Å². The number of benzene rings is 2. The van der Waals surface area contributed by atoms with Gasteiger partial charge in [-0.1, -0.05) is 23.2 Å². The smallest absolute Gasteiger partial charge is 0.226 e. The number of hydrogen-bond acceptors (Lipinski definition) is 3. The molecule has 0 aliphatic heterocycles. The molecule has 2 rings (SSSR count). The molecule has 2 aromatic carbocycles. The van der Waals surface area contributed by atoms with Crippen molar-refractivity contribution in [1.29, 1.82) is 0 Å². The van der Waals surface area contributed by atoms with Crippen LogP contribution in [-0.2, 0) is 4.79 Å². The quantitative estimate of drug-likeness (QED) is 0.655. The number of anilines is 3. The van der Waals surface area contributed by atoms with Gasteiger partial charge in [0.2, 0.25) is 5.91 Å². The number of nitrogens with zero attached hydrogens (tertiary/aromatic N) is 1. The lowest BCUT2D eigenvalue weighted by Crippen LogP contribution is -2.21. The highest BCUT2D eigenvalue weighted by atomic mass is 35.5. The Hall–Kier alpha value is -1.91. The van der Waals surface area contributed by atoms with Gasteiger partial charge in [-0.25, -0.2) is 0 Å². The van der Waals surface area contributed by atoms with Gasteiger partial charge in [0.15, 0.2) is 0 Å². The number of amides is 1. The standard InChI is InChI=1S/C19H23Cl2N3O/c1-3-24(4-2)16-8-6-15(7-9-16)23-19(25)11-12-22-18-10-5-14(20)13-17(18)21/h5-10,13,22H,3-4,11-12H2,1-2H3,(H,23,25). The van der Waals surface area contributed by atoms with Gasteiger partial charge in [0, 0.05) is 42.5 Å². The Morgan fingerprint density at radius 1 is 1.04 bits per heavy atom. The summed E-state index contributed by atoms with van der Waals surface area (Å²) in [5, 5.41) is 7.17. The van der Waals surface area contributed by atoms with E-state index < -0.39 is 0 Å². The van der Waals surface area contributed by atoms with Crippen molar-refractivity contribution < 1.29 is 4.79 Å². The zero-order chi connectivity index (χ0) is 18.2. The molecule has 2 aromatic rings. The third-order valence-corrected chi connectivity index (χ3v) is 4.43. The van der Waals surface area contributed by atoms with Crippen molar-refractivity contribution in [2.45, 2.75) is 20.3 Å². The minimum atomic E-state index is -0.0480. The molecular weight excluding hydrogens is 357 g/mol. The first-order chi connectivity index (χ1) is 12.0. The average Bonchev–Trinajstić information content (AvgIpc) is 2.59. The molecular formula is C19H23Cl2N3O. The first kappa shape index (κ1) is 19.4. The van der Waals surface area contributed by atoms with Gasteiger partial charge in [0.1, 0.15) is 0 Å². The predicted octanol–water partition coefficient (Wildman–Crippen LogP) is 5.28. The highest BCUT2D eigenvalue weighted by molar-refractivity contribution is 6.36. The van der Waals surface area contributed by atoms with E-state index in [1.54, 1.807) is 18.2 Å². The summed E-state index contributed by atoms with van der Waals surface area (Å²) in [7, 11) is 0.